The van der Waals surface area contributed by atoms with Gasteiger partial charge in [-0.3, -0.25) is 0 Å². The lowest BCUT2D eigenvalue weighted by Gasteiger charge is -2.08. The lowest BCUT2D eigenvalue weighted by Crippen LogP contribution is -2.02. The maximum atomic E-state index is 10.4. The second-order valence-corrected chi connectivity index (χ2v) is 5.64. The minimum absolute atomic E-state index is 0.150. The van der Waals surface area contributed by atoms with Crippen molar-refractivity contribution >= 4 is 0 Å². The van der Waals surface area contributed by atoms with Crippen LogP contribution in [0.5, 0.6) is 5.88 Å². The molecule has 102 valence electrons. The van der Waals surface area contributed by atoms with E-state index in [2.05, 4.69) is 50.1 Å². The number of aromatic nitrogens is 2. The number of nitrogens with zero attached hydrogens (tertiary/aromatic N) is 2. The van der Waals surface area contributed by atoms with Gasteiger partial charge in [-0.2, -0.15) is 5.10 Å². The number of hydrogen-bond donors (Lipinski definition) is 1. The van der Waals surface area contributed by atoms with Crippen LogP contribution < -0.4 is 0 Å². The first-order valence-corrected chi connectivity index (χ1v) is 6.80. The second kappa shape index (κ2) is 5.08. The topological polar surface area (TPSA) is 38.0 Å². The van der Waals surface area contributed by atoms with E-state index in [9.17, 15) is 5.11 Å². The molecule has 0 atom stereocenters. The normalized spacial score (nSPS) is 11.5. The minimum Gasteiger partial charge on any atom is -0.493 e. The number of hydrogen-bond acceptors (Lipinski definition) is 2. The summed E-state index contributed by atoms with van der Waals surface area (Å²) in [6.45, 7) is 10.3. The molecule has 0 saturated heterocycles. The Hall–Kier alpha value is -1.77. The van der Waals surface area contributed by atoms with Gasteiger partial charge in [0.1, 0.15) is 0 Å². The summed E-state index contributed by atoms with van der Waals surface area (Å²) in [5.41, 5.74) is 4.10. The van der Waals surface area contributed by atoms with E-state index in [1.807, 2.05) is 13.8 Å². The Morgan fingerprint density at radius 3 is 2.11 bits per heavy atom. The SMILES string of the molecule is Cc1ccc(-c2nn(C(C)C)c(O)c2C(C)C)cc1. The lowest BCUT2D eigenvalue weighted by atomic mass is 9.98. The van der Waals surface area contributed by atoms with Crippen molar-refractivity contribution < 1.29 is 5.11 Å². The zero-order valence-electron chi connectivity index (χ0n) is 12.3. The van der Waals surface area contributed by atoms with Gasteiger partial charge < -0.3 is 5.11 Å². The molecular formula is C16H22N2O. The minimum atomic E-state index is 0.150. The van der Waals surface area contributed by atoms with Crippen molar-refractivity contribution in [2.75, 3.05) is 0 Å². The number of rotatable bonds is 3. The van der Waals surface area contributed by atoms with Gasteiger partial charge in [-0.15, -0.1) is 0 Å². The van der Waals surface area contributed by atoms with E-state index >= 15 is 0 Å². The van der Waals surface area contributed by atoms with Crippen LogP contribution >= 0.6 is 0 Å². The summed E-state index contributed by atoms with van der Waals surface area (Å²) in [5.74, 6) is 0.532. The zero-order valence-corrected chi connectivity index (χ0v) is 12.3. The van der Waals surface area contributed by atoms with Gasteiger partial charge in [-0.05, 0) is 26.7 Å². The molecule has 1 N–H and O–H groups in total. The third kappa shape index (κ3) is 2.50. The third-order valence-electron chi connectivity index (χ3n) is 3.31. The Balaban J connectivity index is 2.62. The van der Waals surface area contributed by atoms with Crippen molar-refractivity contribution in [1.29, 1.82) is 0 Å². The van der Waals surface area contributed by atoms with Crippen LogP contribution in [0.4, 0.5) is 0 Å². The Bertz CT molecular complexity index is 565. The van der Waals surface area contributed by atoms with Crippen molar-refractivity contribution in [3.05, 3.63) is 35.4 Å². The predicted molar refractivity (Wildman–Crippen MR) is 78.5 cm³/mol. The molecule has 19 heavy (non-hydrogen) atoms. The van der Waals surface area contributed by atoms with E-state index in [0.717, 1.165) is 16.8 Å². The van der Waals surface area contributed by atoms with Gasteiger partial charge in [0.15, 0.2) is 0 Å². The van der Waals surface area contributed by atoms with Gasteiger partial charge in [0.2, 0.25) is 5.88 Å². The summed E-state index contributed by atoms with van der Waals surface area (Å²) in [6, 6.07) is 8.42. The van der Waals surface area contributed by atoms with Crippen LogP contribution in [0.3, 0.4) is 0 Å². The lowest BCUT2D eigenvalue weighted by molar-refractivity contribution is 0.372. The first-order chi connectivity index (χ1) is 8.91. The number of aryl methyl sites for hydroxylation is 1. The Morgan fingerprint density at radius 1 is 1.05 bits per heavy atom. The van der Waals surface area contributed by atoms with Crippen LogP contribution in [0, 0.1) is 6.92 Å². The smallest absolute Gasteiger partial charge is 0.213 e. The molecule has 0 fully saturated rings. The molecule has 0 unspecified atom stereocenters. The fraction of sp³-hybridized carbons (Fsp3) is 0.438. The molecule has 0 radical (unpaired) electrons. The van der Waals surface area contributed by atoms with Crippen molar-refractivity contribution in [3.8, 4) is 17.1 Å². The summed E-state index contributed by atoms with van der Waals surface area (Å²) < 4.78 is 1.70. The molecular weight excluding hydrogens is 236 g/mol. The molecule has 0 spiro atoms. The van der Waals surface area contributed by atoms with Gasteiger partial charge in [0, 0.05) is 11.1 Å². The van der Waals surface area contributed by atoms with Crippen LogP contribution in [-0.2, 0) is 0 Å². The van der Waals surface area contributed by atoms with E-state index < -0.39 is 0 Å². The quantitative estimate of drug-likeness (QED) is 0.892. The molecule has 1 aromatic carbocycles. The Kier molecular flexibility index (Phi) is 3.65. The molecule has 0 saturated carbocycles. The third-order valence-corrected chi connectivity index (χ3v) is 3.31. The molecule has 2 rings (SSSR count). The fourth-order valence-corrected chi connectivity index (χ4v) is 2.25. The van der Waals surface area contributed by atoms with E-state index in [1.54, 1.807) is 4.68 Å². The van der Waals surface area contributed by atoms with Gasteiger partial charge in [-0.1, -0.05) is 43.7 Å². The largest absolute Gasteiger partial charge is 0.493 e. The summed E-state index contributed by atoms with van der Waals surface area (Å²) in [5, 5.41) is 15.0. The van der Waals surface area contributed by atoms with Gasteiger partial charge in [0.05, 0.1) is 11.7 Å². The average molecular weight is 258 g/mol. The highest BCUT2D eigenvalue weighted by molar-refractivity contribution is 5.66. The number of aromatic hydroxyl groups is 1. The molecule has 3 nitrogen and oxygen atoms in total. The predicted octanol–water partition coefficient (Wildman–Crippen LogP) is 4.27. The average Bonchev–Trinajstić information content (AvgIpc) is 2.68. The van der Waals surface area contributed by atoms with E-state index in [4.69, 9.17) is 0 Å². The maximum Gasteiger partial charge on any atom is 0.213 e. The van der Waals surface area contributed by atoms with Crippen molar-refractivity contribution in [3.63, 3.8) is 0 Å². The fourth-order valence-electron chi connectivity index (χ4n) is 2.25. The molecule has 0 bridgehead atoms. The van der Waals surface area contributed by atoms with E-state index in [1.165, 1.54) is 5.56 Å². The molecule has 1 aromatic heterocycles. The Labute approximate surface area is 114 Å². The molecule has 0 aliphatic carbocycles. The van der Waals surface area contributed by atoms with Gasteiger partial charge >= 0.3 is 0 Å². The van der Waals surface area contributed by atoms with Crippen molar-refractivity contribution in [2.24, 2.45) is 0 Å². The Morgan fingerprint density at radius 2 is 1.63 bits per heavy atom. The van der Waals surface area contributed by atoms with Crippen LogP contribution in [0.25, 0.3) is 11.3 Å². The zero-order chi connectivity index (χ0) is 14.2. The van der Waals surface area contributed by atoms with Gasteiger partial charge in [-0.25, -0.2) is 4.68 Å². The standard InChI is InChI=1S/C16H22N2O/c1-10(2)14-15(13-8-6-12(5)7-9-13)17-18(11(3)4)16(14)19/h6-11,19H,1-5H3. The van der Waals surface area contributed by atoms with E-state index in [-0.39, 0.29) is 12.0 Å². The summed E-state index contributed by atoms with van der Waals surface area (Å²) in [4.78, 5) is 0. The van der Waals surface area contributed by atoms with E-state index in [0.29, 0.717) is 5.88 Å². The monoisotopic (exact) mass is 258 g/mol. The van der Waals surface area contributed by atoms with Gasteiger partial charge in [0.25, 0.3) is 0 Å². The van der Waals surface area contributed by atoms with Crippen molar-refractivity contribution in [2.45, 2.75) is 46.6 Å². The summed E-state index contributed by atoms with van der Waals surface area (Å²) >= 11 is 0. The maximum absolute atomic E-state index is 10.4. The highest BCUT2D eigenvalue weighted by Crippen LogP contribution is 2.36. The number of benzene rings is 1. The first-order valence-electron chi connectivity index (χ1n) is 6.80. The van der Waals surface area contributed by atoms with Crippen LogP contribution in [0.15, 0.2) is 24.3 Å². The van der Waals surface area contributed by atoms with Crippen LogP contribution in [0.2, 0.25) is 0 Å². The summed E-state index contributed by atoms with van der Waals surface area (Å²) in [7, 11) is 0. The molecule has 0 aliphatic rings. The molecule has 0 aliphatic heterocycles. The highest BCUT2D eigenvalue weighted by Gasteiger charge is 2.22. The highest BCUT2D eigenvalue weighted by atomic mass is 16.3. The van der Waals surface area contributed by atoms with Crippen LogP contribution in [0.1, 0.15) is 50.8 Å². The van der Waals surface area contributed by atoms with Crippen LogP contribution in [-0.4, -0.2) is 14.9 Å². The molecule has 0 amide bonds. The molecule has 1 heterocycles. The first kappa shape index (κ1) is 13.7. The molecule has 2 aromatic rings. The second-order valence-electron chi connectivity index (χ2n) is 5.64. The summed E-state index contributed by atoms with van der Waals surface area (Å²) in [6.07, 6.45) is 0. The van der Waals surface area contributed by atoms with Crippen molar-refractivity contribution in [1.82, 2.24) is 9.78 Å². The molecule has 3 heteroatoms.